The summed E-state index contributed by atoms with van der Waals surface area (Å²) in [7, 11) is 0. The first-order valence-corrected chi connectivity index (χ1v) is 10.3. The number of halogens is 3. The summed E-state index contributed by atoms with van der Waals surface area (Å²) in [6.45, 7) is 0.726. The molecule has 4 heterocycles. The van der Waals surface area contributed by atoms with E-state index in [1.807, 2.05) is 4.90 Å². The van der Waals surface area contributed by atoms with Gasteiger partial charge in [-0.2, -0.15) is 4.98 Å². The number of rotatable bonds is 5. The number of imidazole rings is 1. The minimum absolute atomic E-state index is 0.0482. The summed E-state index contributed by atoms with van der Waals surface area (Å²) in [4.78, 5) is 23.0. The number of aromatic nitrogens is 4. The molecule has 3 aromatic heterocycles. The Balaban J connectivity index is 1.31. The SMILES string of the molecule is O=C(Nc1cc(-c2noc(CN3CCC(F)(F)CC3)n2)ccc1F)c1cnc2ccccn12. The summed E-state index contributed by atoms with van der Waals surface area (Å²) in [6, 6.07) is 9.38. The first kappa shape index (κ1) is 21.1. The van der Waals surface area contributed by atoms with Crippen LogP contribution in [0.1, 0.15) is 29.2 Å². The number of nitrogens with zero attached hydrogens (tertiary/aromatic N) is 5. The number of likely N-dealkylation sites (tertiary alicyclic amines) is 1. The van der Waals surface area contributed by atoms with E-state index in [0.29, 0.717) is 11.2 Å². The van der Waals surface area contributed by atoms with E-state index >= 15 is 0 Å². The number of alkyl halides is 2. The van der Waals surface area contributed by atoms with Crippen molar-refractivity contribution >= 4 is 17.2 Å². The molecule has 1 fully saturated rings. The van der Waals surface area contributed by atoms with Crippen LogP contribution in [0.3, 0.4) is 0 Å². The highest BCUT2D eigenvalue weighted by Crippen LogP contribution is 2.29. The predicted octanol–water partition coefficient (Wildman–Crippen LogP) is 4.01. The van der Waals surface area contributed by atoms with Gasteiger partial charge in [0.1, 0.15) is 17.2 Å². The fourth-order valence-electron chi connectivity index (χ4n) is 3.71. The van der Waals surface area contributed by atoms with Crippen molar-refractivity contribution in [2.24, 2.45) is 0 Å². The number of carbonyl (C=O) groups is 1. The molecule has 0 bridgehead atoms. The number of fused-ring (bicyclic) bond motifs is 1. The van der Waals surface area contributed by atoms with Crippen molar-refractivity contribution in [1.29, 1.82) is 0 Å². The topological polar surface area (TPSA) is 88.6 Å². The van der Waals surface area contributed by atoms with Crippen molar-refractivity contribution in [3.63, 3.8) is 0 Å². The number of hydrogen-bond donors (Lipinski definition) is 1. The Morgan fingerprint density at radius 3 is 2.82 bits per heavy atom. The number of hydrogen-bond acceptors (Lipinski definition) is 6. The standard InChI is InChI=1S/C22H19F3N6O2/c23-15-5-4-14(20-28-19(33-29-20)13-30-9-6-22(24,25)7-10-30)11-16(15)27-21(32)17-12-26-18-3-1-2-8-31(17)18/h1-5,8,11-12H,6-7,9-10,13H2,(H,27,32). The Bertz CT molecular complexity index is 1310. The molecular weight excluding hydrogens is 437 g/mol. The van der Waals surface area contributed by atoms with E-state index in [-0.39, 0.29) is 55.6 Å². The van der Waals surface area contributed by atoms with Crippen molar-refractivity contribution < 1.29 is 22.5 Å². The number of anilines is 1. The van der Waals surface area contributed by atoms with E-state index in [0.717, 1.165) is 0 Å². The van der Waals surface area contributed by atoms with Gasteiger partial charge in [-0.05, 0) is 30.3 Å². The molecule has 0 aliphatic carbocycles. The third-order valence-electron chi connectivity index (χ3n) is 5.54. The zero-order chi connectivity index (χ0) is 23.0. The number of piperidine rings is 1. The van der Waals surface area contributed by atoms with Gasteiger partial charge in [0.2, 0.25) is 11.7 Å². The molecule has 0 unspecified atom stereocenters. The summed E-state index contributed by atoms with van der Waals surface area (Å²) in [5.41, 5.74) is 1.23. The van der Waals surface area contributed by atoms with Crippen LogP contribution in [0.5, 0.6) is 0 Å². The molecule has 0 saturated carbocycles. The molecule has 0 atom stereocenters. The third-order valence-corrected chi connectivity index (χ3v) is 5.54. The number of amides is 1. The van der Waals surface area contributed by atoms with Crippen LogP contribution in [0, 0.1) is 5.82 Å². The molecule has 1 aliphatic rings. The first-order chi connectivity index (χ1) is 15.9. The monoisotopic (exact) mass is 456 g/mol. The minimum Gasteiger partial charge on any atom is -0.338 e. The third kappa shape index (κ3) is 4.44. The van der Waals surface area contributed by atoms with E-state index in [1.165, 1.54) is 24.4 Å². The molecule has 1 aromatic carbocycles. The molecule has 8 nitrogen and oxygen atoms in total. The zero-order valence-corrected chi connectivity index (χ0v) is 17.3. The Morgan fingerprint density at radius 2 is 2.00 bits per heavy atom. The lowest BCUT2D eigenvalue weighted by molar-refractivity contribution is -0.0580. The lowest BCUT2D eigenvalue weighted by Crippen LogP contribution is -2.38. The fraction of sp³-hybridized carbons (Fsp3) is 0.273. The molecule has 0 radical (unpaired) electrons. The second-order valence-corrected chi connectivity index (χ2v) is 7.86. The summed E-state index contributed by atoms with van der Waals surface area (Å²) in [6.07, 6.45) is 2.69. The molecule has 170 valence electrons. The Morgan fingerprint density at radius 1 is 1.18 bits per heavy atom. The van der Waals surface area contributed by atoms with Crippen LogP contribution < -0.4 is 5.32 Å². The van der Waals surface area contributed by atoms with Crippen molar-refractivity contribution in [1.82, 2.24) is 24.4 Å². The van der Waals surface area contributed by atoms with Crippen LogP contribution in [-0.2, 0) is 6.54 Å². The van der Waals surface area contributed by atoms with Gasteiger partial charge in [0.15, 0.2) is 0 Å². The van der Waals surface area contributed by atoms with Crippen LogP contribution in [0.15, 0.2) is 53.3 Å². The molecule has 1 N–H and O–H groups in total. The largest absolute Gasteiger partial charge is 0.338 e. The molecule has 11 heteroatoms. The second-order valence-electron chi connectivity index (χ2n) is 7.86. The highest BCUT2D eigenvalue weighted by Gasteiger charge is 2.34. The maximum absolute atomic E-state index is 14.4. The predicted molar refractivity (Wildman–Crippen MR) is 112 cm³/mol. The van der Waals surface area contributed by atoms with Crippen LogP contribution in [0.25, 0.3) is 17.0 Å². The van der Waals surface area contributed by atoms with Crippen molar-refractivity contribution in [2.45, 2.75) is 25.3 Å². The Labute approximate surface area is 186 Å². The van der Waals surface area contributed by atoms with E-state index in [2.05, 4.69) is 20.4 Å². The molecule has 4 aromatic rings. The Kier molecular flexibility index (Phi) is 5.33. The van der Waals surface area contributed by atoms with Gasteiger partial charge >= 0.3 is 0 Å². The Hall–Kier alpha value is -3.73. The number of pyridine rings is 1. The molecule has 1 amide bonds. The molecule has 1 saturated heterocycles. The lowest BCUT2D eigenvalue weighted by Gasteiger charge is -2.30. The van der Waals surface area contributed by atoms with Crippen LogP contribution >= 0.6 is 0 Å². The second kappa shape index (κ2) is 8.32. The van der Waals surface area contributed by atoms with E-state index in [4.69, 9.17) is 4.52 Å². The molecular formula is C22H19F3N6O2. The smallest absolute Gasteiger partial charge is 0.274 e. The highest BCUT2D eigenvalue weighted by molar-refractivity contribution is 6.03. The van der Waals surface area contributed by atoms with E-state index in [1.54, 1.807) is 28.8 Å². The maximum atomic E-state index is 14.4. The number of benzene rings is 1. The van der Waals surface area contributed by atoms with Crippen molar-refractivity contribution in [3.8, 4) is 11.4 Å². The number of carbonyl (C=O) groups excluding carboxylic acids is 1. The van der Waals surface area contributed by atoms with E-state index in [9.17, 15) is 18.0 Å². The summed E-state index contributed by atoms with van der Waals surface area (Å²) >= 11 is 0. The van der Waals surface area contributed by atoms with Crippen LogP contribution in [0.2, 0.25) is 0 Å². The summed E-state index contributed by atoms with van der Waals surface area (Å²) < 4.78 is 47.9. The molecule has 33 heavy (non-hydrogen) atoms. The van der Waals surface area contributed by atoms with Crippen molar-refractivity contribution in [3.05, 3.63) is 66.2 Å². The van der Waals surface area contributed by atoms with Gasteiger partial charge in [-0.3, -0.25) is 14.1 Å². The first-order valence-electron chi connectivity index (χ1n) is 10.3. The van der Waals surface area contributed by atoms with Gasteiger partial charge in [-0.25, -0.2) is 18.2 Å². The number of nitrogens with one attached hydrogen (secondary N) is 1. The van der Waals surface area contributed by atoms with Crippen LogP contribution in [0.4, 0.5) is 18.9 Å². The average molecular weight is 456 g/mol. The van der Waals surface area contributed by atoms with Gasteiger partial charge in [0.25, 0.3) is 11.8 Å². The lowest BCUT2D eigenvalue weighted by atomic mass is 10.1. The molecule has 1 aliphatic heterocycles. The maximum Gasteiger partial charge on any atom is 0.274 e. The van der Waals surface area contributed by atoms with Gasteiger partial charge in [-0.1, -0.05) is 11.2 Å². The minimum atomic E-state index is -2.63. The summed E-state index contributed by atoms with van der Waals surface area (Å²) in [5.74, 6) is -3.30. The zero-order valence-electron chi connectivity index (χ0n) is 17.3. The average Bonchev–Trinajstić information content (AvgIpc) is 3.44. The summed E-state index contributed by atoms with van der Waals surface area (Å²) in [5, 5.41) is 6.47. The van der Waals surface area contributed by atoms with Crippen LogP contribution in [-0.4, -0.2) is 49.3 Å². The van der Waals surface area contributed by atoms with E-state index < -0.39 is 17.6 Å². The molecule has 5 rings (SSSR count). The fourth-order valence-corrected chi connectivity index (χ4v) is 3.71. The highest BCUT2D eigenvalue weighted by atomic mass is 19.3. The molecule has 0 spiro atoms. The van der Waals surface area contributed by atoms with Gasteiger partial charge in [-0.15, -0.1) is 0 Å². The van der Waals surface area contributed by atoms with Gasteiger partial charge in [0.05, 0.1) is 18.4 Å². The quantitative estimate of drug-likeness (QED) is 0.488. The van der Waals surface area contributed by atoms with Gasteiger partial charge < -0.3 is 9.84 Å². The van der Waals surface area contributed by atoms with Gasteiger partial charge in [0, 0.05) is 37.7 Å². The van der Waals surface area contributed by atoms with Crippen molar-refractivity contribution in [2.75, 3.05) is 18.4 Å². The normalized spacial score (nSPS) is 16.2.